The van der Waals surface area contributed by atoms with Crippen molar-refractivity contribution in [2.75, 3.05) is 17.7 Å². The first-order valence-corrected chi connectivity index (χ1v) is 8.02. The zero-order valence-electron chi connectivity index (χ0n) is 12.8. The molecular weight excluding hydrogens is 312 g/mol. The van der Waals surface area contributed by atoms with Gasteiger partial charge in [0.15, 0.2) is 0 Å². The summed E-state index contributed by atoms with van der Waals surface area (Å²) in [6.45, 7) is 1.85. The molecule has 0 aromatic heterocycles. The summed E-state index contributed by atoms with van der Waals surface area (Å²) in [5, 5.41) is 5.52. The molecule has 0 saturated heterocycles. The second kappa shape index (κ2) is 6.34. The van der Waals surface area contributed by atoms with E-state index in [0.717, 1.165) is 4.90 Å². The fraction of sp³-hybridized carbons (Fsp3) is 0.176. The Balaban J connectivity index is 1.80. The summed E-state index contributed by atoms with van der Waals surface area (Å²) in [6.07, 6.45) is 0. The molecule has 0 radical (unpaired) electrons. The summed E-state index contributed by atoms with van der Waals surface area (Å²) in [5.74, 6) is 0.387. The van der Waals surface area contributed by atoms with Gasteiger partial charge in [0.1, 0.15) is 5.75 Å². The molecule has 2 aromatic rings. The van der Waals surface area contributed by atoms with Crippen LogP contribution in [0.2, 0.25) is 0 Å². The van der Waals surface area contributed by atoms with Crippen LogP contribution in [-0.4, -0.2) is 24.2 Å². The van der Waals surface area contributed by atoms with E-state index in [1.165, 1.54) is 11.8 Å². The highest BCUT2D eigenvalue weighted by molar-refractivity contribution is 8.00. The lowest BCUT2D eigenvalue weighted by molar-refractivity contribution is -0.115. The number of benzene rings is 2. The Hall–Kier alpha value is -2.47. The molecule has 2 aromatic carbocycles. The lowest BCUT2D eigenvalue weighted by Crippen LogP contribution is -2.26. The Morgan fingerprint density at radius 2 is 2.09 bits per heavy atom. The number of fused-ring (bicyclic) bond motifs is 1. The Kier molecular flexibility index (Phi) is 4.25. The van der Waals surface area contributed by atoms with E-state index in [9.17, 15) is 9.59 Å². The minimum Gasteiger partial charge on any atom is -0.497 e. The number of hydrogen-bond acceptors (Lipinski definition) is 4. The molecule has 0 aliphatic carbocycles. The summed E-state index contributed by atoms with van der Waals surface area (Å²) in [6, 6.07) is 12.5. The fourth-order valence-electron chi connectivity index (χ4n) is 2.25. The van der Waals surface area contributed by atoms with E-state index in [-0.39, 0.29) is 17.1 Å². The van der Waals surface area contributed by atoms with Gasteiger partial charge < -0.3 is 15.4 Å². The smallest absolute Gasteiger partial charge is 0.255 e. The fourth-order valence-corrected chi connectivity index (χ4v) is 3.18. The number of amides is 2. The van der Waals surface area contributed by atoms with E-state index in [2.05, 4.69) is 10.6 Å². The molecule has 3 rings (SSSR count). The Labute approximate surface area is 138 Å². The summed E-state index contributed by atoms with van der Waals surface area (Å²) < 4.78 is 5.14. The van der Waals surface area contributed by atoms with Crippen LogP contribution in [0.5, 0.6) is 5.75 Å². The van der Waals surface area contributed by atoms with Crippen molar-refractivity contribution in [3.05, 3.63) is 48.0 Å². The number of anilines is 2. The Bertz CT molecular complexity index is 776. The van der Waals surface area contributed by atoms with Crippen LogP contribution in [0.25, 0.3) is 0 Å². The van der Waals surface area contributed by atoms with Crippen molar-refractivity contribution < 1.29 is 14.3 Å². The maximum atomic E-state index is 12.4. The molecule has 6 heteroatoms. The van der Waals surface area contributed by atoms with Gasteiger partial charge in [-0.2, -0.15) is 0 Å². The lowest BCUT2D eigenvalue weighted by atomic mass is 10.1. The van der Waals surface area contributed by atoms with Gasteiger partial charge in [-0.1, -0.05) is 6.07 Å². The lowest BCUT2D eigenvalue weighted by Gasteiger charge is -2.21. The molecule has 0 saturated carbocycles. The van der Waals surface area contributed by atoms with Gasteiger partial charge in [-0.15, -0.1) is 11.8 Å². The van der Waals surface area contributed by atoms with Gasteiger partial charge in [-0.25, -0.2) is 0 Å². The van der Waals surface area contributed by atoms with Crippen LogP contribution in [-0.2, 0) is 4.79 Å². The zero-order valence-corrected chi connectivity index (χ0v) is 13.6. The molecule has 1 atom stereocenters. The van der Waals surface area contributed by atoms with Crippen LogP contribution >= 0.6 is 11.8 Å². The van der Waals surface area contributed by atoms with Gasteiger partial charge in [0.25, 0.3) is 5.91 Å². The number of hydrogen-bond donors (Lipinski definition) is 2. The van der Waals surface area contributed by atoms with E-state index < -0.39 is 0 Å². The number of methoxy groups -OCH3 is 1. The molecular formula is C17H16N2O3S. The highest BCUT2D eigenvalue weighted by Gasteiger charge is 2.23. The molecule has 23 heavy (non-hydrogen) atoms. The Morgan fingerprint density at radius 1 is 1.26 bits per heavy atom. The summed E-state index contributed by atoms with van der Waals surface area (Å²) in [4.78, 5) is 25.1. The summed E-state index contributed by atoms with van der Waals surface area (Å²) >= 11 is 1.49. The van der Waals surface area contributed by atoms with E-state index >= 15 is 0 Å². The molecule has 0 bridgehead atoms. The van der Waals surface area contributed by atoms with Crippen LogP contribution in [0.15, 0.2) is 47.4 Å². The molecule has 118 valence electrons. The third-order valence-electron chi connectivity index (χ3n) is 3.50. The third kappa shape index (κ3) is 3.32. The average Bonchev–Trinajstić information content (AvgIpc) is 2.55. The van der Waals surface area contributed by atoms with Crippen molar-refractivity contribution in [1.82, 2.24) is 0 Å². The minimum atomic E-state index is -0.237. The van der Waals surface area contributed by atoms with Gasteiger partial charge in [0.2, 0.25) is 5.91 Å². The molecule has 2 N–H and O–H groups in total. The first kappa shape index (κ1) is 15.4. The number of carbonyl (C=O) groups is 2. The molecule has 1 heterocycles. The molecule has 1 aliphatic rings. The number of nitrogens with one attached hydrogen (secondary N) is 2. The van der Waals surface area contributed by atoms with Crippen molar-refractivity contribution in [2.45, 2.75) is 17.1 Å². The highest BCUT2D eigenvalue weighted by Crippen LogP contribution is 2.36. The second-order valence-corrected chi connectivity index (χ2v) is 6.53. The molecule has 1 aliphatic heterocycles. The van der Waals surface area contributed by atoms with Crippen molar-refractivity contribution >= 4 is 35.0 Å². The van der Waals surface area contributed by atoms with Crippen LogP contribution in [0.1, 0.15) is 17.3 Å². The van der Waals surface area contributed by atoms with Crippen molar-refractivity contribution in [1.29, 1.82) is 0 Å². The quantitative estimate of drug-likeness (QED) is 0.906. The van der Waals surface area contributed by atoms with E-state index in [1.807, 2.05) is 19.1 Å². The van der Waals surface area contributed by atoms with E-state index in [1.54, 1.807) is 37.4 Å². The van der Waals surface area contributed by atoms with Crippen molar-refractivity contribution in [2.24, 2.45) is 0 Å². The Morgan fingerprint density at radius 3 is 2.87 bits per heavy atom. The summed E-state index contributed by atoms with van der Waals surface area (Å²) in [5.41, 5.74) is 1.82. The van der Waals surface area contributed by atoms with Gasteiger partial charge in [0, 0.05) is 22.2 Å². The average molecular weight is 328 g/mol. The monoisotopic (exact) mass is 328 g/mol. The standard InChI is InChI=1S/C17H16N2O3S/c1-10-16(20)19-14-8-11(6-7-15(14)23-10)17(21)18-12-4-3-5-13(9-12)22-2/h3-10H,1-2H3,(H,18,21)(H,19,20)/t10-/m0/s1. The first-order chi connectivity index (χ1) is 11.1. The number of carbonyl (C=O) groups excluding carboxylic acids is 2. The topological polar surface area (TPSA) is 67.4 Å². The molecule has 0 spiro atoms. The van der Waals surface area contributed by atoms with Crippen LogP contribution in [0.3, 0.4) is 0 Å². The van der Waals surface area contributed by atoms with Crippen LogP contribution < -0.4 is 15.4 Å². The molecule has 0 fully saturated rings. The van der Waals surface area contributed by atoms with Crippen molar-refractivity contribution in [3.8, 4) is 5.75 Å². The highest BCUT2D eigenvalue weighted by atomic mass is 32.2. The van der Waals surface area contributed by atoms with Gasteiger partial charge in [0.05, 0.1) is 18.0 Å². The molecule has 5 nitrogen and oxygen atoms in total. The predicted octanol–water partition coefficient (Wildman–Crippen LogP) is 3.38. The number of ether oxygens (including phenoxy) is 1. The molecule has 2 amide bonds. The first-order valence-electron chi connectivity index (χ1n) is 7.14. The van der Waals surface area contributed by atoms with Gasteiger partial charge in [-0.05, 0) is 37.3 Å². The van der Waals surface area contributed by atoms with Crippen LogP contribution in [0, 0.1) is 0 Å². The second-order valence-electron chi connectivity index (χ2n) is 5.15. The van der Waals surface area contributed by atoms with E-state index in [4.69, 9.17) is 4.74 Å². The summed E-state index contributed by atoms with van der Waals surface area (Å²) in [7, 11) is 1.58. The van der Waals surface area contributed by atoms with Gasteiger partial charge in [-0.3, -0.25) is 9.59 Å². The zero-order chi connectivity index (χ0) is 16.4. The number of thioether (sulfide) groups is 1. The minimum absolute atomic E-state index is 0.0483. The largest absolute Gasteiger partial charge is 0.497 e. The normalized spacial score (nSPS) is 16.3. The predicted molar refractivity (Wildman–Crippen MR) is 91.3 cm³/mol. The van der Waals surface area contributed by atoms with Crippen LogP contribution in [0.4, 0.5) is 11.4 Å². The van der Waals surface area contributed by atoms with Crippen molar-refractivity contribution in [3.63, 3.8) is 0 Å². The third-order valence-corrected chi connectivity index (χ3v) is 4.68. The van der Waals surface area contributed by atoms with Gasteiger partial charge >= 0.3 is 0 Å². The maximum absolute atomic E-state index is 12.4. The molecule has 0 unspecified atom stereocenters. The SMILES string of the molecule is COc1cccc(NC(=O)c2ccc3c(c2)NC(=O)[C@H](C)S3)c1. The maximum Gasteiger partial charge on any atom is 0.255 e. The number of rotatable bonds is 3. The van der Waals surface area contributed by atoms with E-state index in [0.29, 0.717) is 22.7 Å².